The Hall–Kier alpha value is -1.40. The maximum atomic E-state index is 12.4. The van der Waals surface area contributed by atoms with Crippen molar-refractivity contribution in [1.82, 2.24) is 4.31 Å². The van der Waals surface area contributed by atoms with Gasteiger partial charge >= 0.3 is 5.97 Å². The molecule has 0 aromatic heterocycles. The van der Waals surface area contributed by atoms with Gasteiger partial charge in [0.15, 0.2) is 0 Å². The smallest absolute Gasteiger partial charge is 0.335 e. The number of hydrogen-bond acceptors (Lipinski definition) is 3. The quantitative estimate of drug-likeness (QED) is 0.867. The number of carbonyl (C=O) groups is 1. The molecule has 6 heteroatoms. The average molecular weight is 285 g/mol. The molecular formula is C13H19NO4S. The monoisotopic (exact) mass is 285 g/mol. The molecular weight excluding hydrogens is 266 g/mol. The summed E-state index contributed by atoms with van der Waals surface area (Å²) in [6.45, 7) is 4.14. The first-order valence-corrected chi connectivity index (χ1v) is 7.61. The van der Waals surface area contributed by atoms with E-state index in [9.17, 15) is 13.2 Å². The lowest BCUT2D eigenvalue weighted by atomic mass is 10.1. The zero-order chi connectivity index (χ0) is 14.6. The molecule has 0 unspecified atom stereocenters. The second kappa shape index (κ2) is 6.16. The fourth-order valence-electron chi connectivity index (χ4n) is 1.82. The summed E-state index contributed by atoms with van der Waals surface area (Å²) in [7, 11) is -2.12. The predicted octanol–water partition coefficient (Wildman–Crippen LogP) is 1.98. The van der Waals surface area contributed by atoms with Crippen LogP contribution in [0.4, 0.5) is 0 Å². The van der Waals surface area contributed by atoms with Crippen LogP contribution in [0, 0.1) is 0 Å². The number of benzene rings is 1. The lowest BCUT2D eigenvalue weighted by Gasteiger charge is -2.18. The number of carboxylic acid groups (broad SMARTS) is 1. The maximum absolute atomic E-state index is 12.4. The first-order valence-electron chi connectivity index (χ1n) is 6.17. The van der Waals surface area contributed by atoms with Crippen LogP contribution in [0.3, 0.4) is 0 Å². The van der Waals surface area contributed by atoms with Gasteiger partial charge < -0.3 is 5.11 Å². The van der Waals surface area contributed by atoms with E-state index in [1.54, 1.807) is 6.07 Å². The molecule has 0 atom stereocenters. The Kier molecular flexibility index (Phi) is 5.08. The van der Waals surface area contributed by atoms with Gasteiger partial charge in [-0.25, -0.2) is 17.5 Å². The zero-order valence-electron chi connectivity index (χ0n) is 11.4. The molecule has 5 nitrogen and oxygen atoms in total. The van der Waals surface area contributed by atoms with E-state index in [1.165, 1.54) is 23.5 Å². The second-order valence-electron chi connectivity index (χ2n) is 4.31. The standard InChI is InChI=1S/C13H19NO4S/c1-4-8-14(3)19(17,18)12-9-11(13(15)16)7-6-10(12)5-2/h6-7,9H,4-5,8H2,1-3H3,(H,15,16). The van der Waals surface area contributed by atoms with E-state index in [4.69, 9.17) is 5.11 Å². The van der Waals surface area contributed by atoms with E-state index in [-0.39, 0.29) is 10.5 Å². The first-order chi connectivity index (χ1) is 8.84. The first kappa shape index (κ1) is 15.7. The molecule has 0 heterocycles. The summed E-state index contributed by atoms with van der Waals surface area (Å²) >= 11 is 0. The fraction of sp³-hybridized carbons (Fsp3) is 0.462. The molecule has 1 aromatic rings. The van der Waals surface area contributed by atoms with Crippen LogP contribution in [0.1, 0.15) is 36.2 Å². The van der Waals surface area contributed by atoms with Gasteiger partial charge in [0.05, 0.1) is 10.5 Å². The Morgan fingerprint density at radius 2 is 1.95 bits per heavy atom. The Balaban J connectivity index is 3.38. The largest absolute Gasteiger partial charge is 0.478 e. The van der Waals surface area contributed by atoms with Crippen LogP contribution >= 0.6 is 0 Å². The van der Waals surface area contributed by atoms with Crippen molar-refractivity contribution in [1.29, 1.82) is 0 Å². The molecule has 0 aliphatic carbocycles. The summed E-state index contributed by atoms with van der Waals surface area (Å²) in [6.07, 6.45) is 1.24. The van der Waals surface area contributed by atoms with Crippen molar-refractivity contribution in [2.75, 3.05) is 13.6 Å². The van der Waals surface area contributed by atoms with Crippen LogP contribution in [-0.4, -0.2) is 37.4 Å². The highest BCUT2D eigenvalue weighted by Crippen LogP contribution is 2.22. The van der Waals surface area contributed by atoms with Crippen molar-refractivity contribution in [3.63, 3.8) is 0 Å². The van der Waals surface area contributed by atoms with Crippen molar-refractivity contribution >= 4 is 16.0 Å². The minimum Gasteiger partial charge on any atom is -0.478 e. The number of carboxylic acids is 1. The minimum absolute atomic E-state index is 0.0133. The van der Waals surface area contributed by atoms with Crippen LogP contribution in [-0.2, 0) is 16.4 Å². The molecule has 0 spiro atoms. The van der Waals surface area contributed by atoms with Gasteiger partial charge in [0.2, 0.25) is 10.0 Å². The highest BCUT2D eigenvalue weighted by atomic mass is 32.2. The number of rotatable bonds is 6. The van der Waals surface area contributed by atoms with Gasteiger partial charge in [0, 0.05) is 13.6 Å². The number of sulfonamides is 1. The highest BCUT2D eigenvalue weighted by Gasteiger charge is 2.24. The van der Waals surface area contributed by atoms with Crippen molar-refractivity contribution in [3.8, 4) is 0 Å². The maximum Gasteiger partial charge on any atom is 0.335 e. The summed E-state index contributed by atoms with van der Waals surface area (Å²) in [5, 5.41) is 8.97. The third-order valence-electron chi connectivity index (χ3n) is 2.92. The SMILES string of the molecule is CCCN(C)S(=O)(=O)c1cc(C(=O)O)ccc1CC. The molecule has 19 heavy (non-hydrogen) atoms. The van der Waals surface area contributed by atoms with Crippen LogP contribution in [0.2, 0.25) is 0 Å². The molecule has 0 saturated heterocycles. The Morgan fingerprint density at radius 1 is 1.32 bits per heavy atom. The summed E-state index contributed by atoms with van der Waals surface area (Å²) in [5.41, 5.74) is 0.619. The Labute approximate surface area is 113 Å². The lowest BCUT2D eigenvalue weighted by molar-refractivity contribution is 0.0696. The molecule has 1 aromatic carbocycles. The number of nitrogens with zero attached hydrogens (tertiary/aromatic N) is 1. The summed E-state index contributed by atoms with van der Waals surface area (Å²) in [4.78, 5) is 11.1. The molecule has 1 rings (SSSR count). The molecule has 0 radical (unpaired) electrons. The molecule has 0 aliphatic heterocycles. The summed E-state index contributed by atoms with van der Waals surface area (Å²) in [5.74, 6) is -1.13. The molecule has 0 aliphatic rings. The Morgan fingerprint density at radius 3 is 2.42 bits per heavy atom. The minimum atomic E-state index is -3.63. The van der Waals surface area contributed by atoms with Crippen molar-refractivity contribution in [3.05, 3.63) is 29.3 Å². The van der Waals surface area contributed by atoms with E-state index in [2.05, 4.69) is 0 Å². The van der Waals surface area contributed by atoms with Crippen LogP contribution in [0.25, 0.3) is 0 Å². The normalized spacial score (nSPS) is 11.8. The fourth-order valence-corrected chi connectivity index (χ4v) is 3.40. The van der Waals surface area contributed by atoms with Gasteiger partial charge in [0.1, 0.15) is 0 Å². The number of aryl methyl sites for hydroxylation is 1. The molecule has 0 saturated carbocycles. The highest BCUT2D eigenvalue weighted by molar-refractivity contribution is 7.89. The van der Waals surface area contributed by atoms with E-state index < -0.39 is 16.0 Å². The van der Waals surface area contributed by atoms with E-state index >= 15 is 0 Å². The van der Waals surface area contributed by atoms with Gasteiger partial charge in [0.25, 0.3) is 0 Å². The van der Waals surface area contributed by atoms with E-state index in [0.717, 1.165) is 0 Å². The Bertz CT molecular complexity index is 566. The summed E-state index contributed by atoms with van der Waals surface area (Å²) in [6, 6.07) is 4.23. The second-order valence-corrected chi connectivity index (χ2v) is 6.32. The van der Waals surface area contributed by atoms with Crippen LogP contribution < -0.4 is 0 Å². The van der Waals surface area contributed by atoms with Crippen LogP contribution in [0.5, 0.6) is 0 Å². The molecule has 106 valence electrons. The molecule has 0 amide bonds. The summed E-state index contributed by atoms with van der Waals surface area (Å²) < 4.78 is 26.1. The topological polar surface area (TPSA) is 74.7 Å². The van der Waals surface area contributed by atoms with E-state index in [1.807, 2.05) is 13.8 Å². The van der Waals surface area contributed by atoms with Gasteiger partial charge in [-0.2, -0.15) is 0 Å². The average Bonchev–Trinajstić information content (AvgIpc) is 2.38. The van der Waals surface area contributed by atoms with Gasteiger partial charge in [-0.15, -0.1) is 0 Å². The predicted molar refractivity (Wildman–Crippen MR) is 72.9 cm³/mol. The molecule has 1 N–H and O–H groups in total. The van der Waals surface area contributed by atoms with Crippen molar-refractivity contribution in [2.24, 2.45) is 0 Å². The van der Waals surface area contributed by atoms with Gasteiger partial charge in [-0.05, 0) is 30.5 Å². The zero-order valence-corrected chi connectivity index (χ0v) is 12.2. The van der Waals surface area contributed by atoms with Crippen molar-refractivity contribution < 1.29 is 18.3 Å². The van der Waals surface area contributed by atoms with Crippen molar-refractivity contribution in [2.45, 2.75) is 31.6 Å². The lowest BCUT2D eigenvalue weighted by Crippen LogP contribution is -2.28. The third kappa shape index (κ3) is 3.33. The van der Waals surface area contributed by atoms with E-state index in [0.29, 0.717) is 24.9 Å². The third-order valence-corrected chi connectivity index (χ3v) is 4.86. The molecule has 0 fully saturated rings. The van der Waals surface area contributed by atoms with Crippen LogP contribution in [0.15, 0.2) is 23.1 Å². The number of hydrogen-bond donors (Lipinski definition) is 1. The molecule has 0 bridgehead atoms. The number of aromatic carboxylic acids is 1. The van der Waals surface area contributed by atoms with Gasteiger partial charge in [-0.1, -0.05) is 19.9 Å². The van der Waals surface area contributed by atoms with Gasteiger partial charge in [-0.3, -0.25) is 0 Å².